The molecule has 0 aliphatic rings. The minimum atomic E-state index is 0.446. The number of nitrogens with zero attached hydrogens (tertiary/aromatic N) is 3. The second kappa shape index (κ2) is 7.21. The maximum absolute atomic E-state index is 9.50. The Morgan fingerprint density at radius 3 is 2.77 bits per heavy atom. The summed E-state index contributed by atoms with van der Waals surface area (Å²) in [5.74, 6) is 1.33. The standard InChI is InChI=1S/C20H14N4OS/c21-10-15(20-23-18-3-1-2-4-19(18)24-20)9-14-5-7-17(8-6-14)25-11-16-12-26-13-22-16/h1-9,12-13H,11H2,(H,23,24)/b15-9+. The number of benzene rings is 2. The van der Waals surface area contributed by atoms with Gasteiger partial charge >= 0.3 is 0 Å². The Morgan fingerprint density at radius 2 is 2.04 bits per heavy atom. The van der Waals surface area contributed by atoms with Crippen molar-refractivity contribution in [3.8, 4) is 11.8 Å². The van der Waals surface area contributed by atoms with Crippen molar-refractivity contribution in [3.05, 3.63) is 76.5 Å². The highest BCUT2D eigenvalue weighted by Crippen LogP contribution is 2.21. The number of imidazole rings is 1. The summed E-state index contributed by atoms with van der Waals surface area (Å²) in [4.78, 5) is 11.8. The van der Waals surface area contributed by atoms with Gasteiger partial charge in [0.1, 0.15) is 24.3 Å². The quantitative estimate of drug-likeness (QED) is 0.526. The van der Waals surface area contributed by atoms with E-state index in [1.54, 1.807) is 16.8 Å². The summed E-state index contributed by atoms with van der Waals surface area (Å²) >= 11 is 1.55. The van der Waals surface area contributed by atoms with Gasteiger partial charge in [-0.1, -0.05) is 24.3 Å². The largest absolute Gasteiger partial charge is 0.487 e. The molecule has 1 N–H and O–H groups in total. The lowest BCUT2D eigenvalue weighted by molar-refractivity contribution is 0.302. The lowest BCUT2D eigenvalue weighted by Gasteiger charge is -2.04. The Kier molecular flexibility index (Phi) is 4.46. The fraction of sp³-hybridized carbons (Fsp3) is 0.0500. The highest BCUT2D eigenvalue weighted by molar-refractivity contribution is 7.07. The predicted molar refractivity (Wildman–Crippen MR) is 102 cm³/mol. The molecule has 5 nitrogen and oxygen atoms in total. The van der Waals surface area contributed by atoms with Gasteiger partial charge in [0.15, 0.2) is 0 Å². The molecule has 2 aromatic carbocycles. The Hall–Kier alpha value is -3.43. The van der Waals surface area contributed by atoms with Crippen LogP contribution in [-0.2, 0) is 6.61 Å². The monoisotopic (exact) mass is 358 g/mol. The van der Waals surface area contributed by atoms with Gasteiger partial charge in [0.25, 0.3) is 0 Å². The van der Waals surface area contributed by atoms with E-state index < -0.39 is 0 Å². The van der Waals surface area contributed by atoms with Crippen molar-refractivity contribution < 1.29 is 4.74 Å². The predicted octanol–water partition coefficient (Wildman–Crippen LogP) is 4.66. The third kappa shape index (κ3) is 3.48. The number of rotatable bonds is 5. The minimum absolute atomic E-state index is 0.446. The van der Waals surface area contributed by atoms with Gasteiger partial charge in [0, 0.05) is 5.38 Å². The molecule has 2 aromatic heterocycles. The van der Waals surface area contributed by atoms with E-state index in [2.05, 4.69) is 21.0 Å². The number of nitriles is 1. The smallest absolute Gasteiger partial charge is 0.149 e. The van der Waals surface area contributed by atoms with Crippen LogP contribution in [-0.4, -0.2) is 15.0 Å². The number of H-pyrrole nitrogens is 1. The topological polar surface area (TPSA) is 74.6 Å². The molecule has 4 rings (SSSR count). The molecular weight excluding hydrogens is 344 g/mol. The number of fused-ring (bicyclic) bond motifs is 1. The van der Waals surface area contributed by atoms with Crippen molar-refractivity contribution in [3.63, 3.8) is 0 Å². The van der Waals surface area contributed by atoms with Gasteiger partial charge < -0.3 is 9.72 Å². The van der Waals surface area contributed by atoms with Crippen LogP contribution in [0.25, 0.3) is 22.7 Å². The molecule has 4 aromatic rings. The summed E-state index contributed by atoms with van der Waals surface area (Å²) in [7, 11) is 0. The summed E-state index contributed by atoms with van der Waals surface area (Å²) in [6.07, 6.45) is 1.81. The molecule has 0 saturated heterocycles. The van der Waals surface area contributed by atoms with E-state index in [9.17, 15) is 5.26 Å². The molecule has 0 atom stereocenters. The molecule has 0 fully saturated rings. The molecule has 0 aliphatic carbocycles. The van der Waals surface area contributed by atoms with Gasteiger partial charge in [0.2, 0.25) is 0 Å². The number of para-hydroxylation sites is 2. The molecule has 0 unspecified atom stereocenters. The van der Waals surface area contributed by atoms with E-state index in [1.807, 2.05) is 60.0 Å². The molecule has 2 heterocycles. The summed E-state index contributed by atoms with van der Waals surface area (Å²) in [5, 5.41) is 11.5. The zero-order valence-corrected chi connectivity index (χ0v) is 14.5. The van der Waals surface area contributed by atoms with Gasteiger partial charge in [-0.2, -0.15) is 5.26 Å². The van der Waals surface area contributed by atoms with Crippen molar-refractivity contribution in [2.24, 2.45) is 0 Å². The van der Waals surface area contributed by atoms with Crippen LogP contribution >= 0.6 is 11.3 Å². The first-order valence-electron chi connectivity index (χ1n) is 7.99. The SMILES string of the molecule is N#C/C(=C\c1ccc(OCc2cscn2)cc1)c1nc2ccccc2[nH]1. The lowest BCUT2D eigenvalue weighted by Crippen LogP contribution is -1.95. The molecule has 0 spiro atoms. The zero-order chi connectivity index (χ0) is 17.8. The molecule has 126 valence electrons. The number of thiazole rings is 1. The van der Waals surface area contributed by atoms with Crippen molar-refractivity contribution in [2.75, 3.05) is 0 Å². The van der Waals surface area contributed by atoms with Crippen LogP contribution in [0.5, 0.6) is 5.75 Å². The van der Waals surface area contributed by atoms with E-state index in [0.717, 1.165) is 28.0 Å². The first kappa shape index (κ1) is 16.1. The lowest BCUT2D eigenvalue weighted by atomic mass is 10.1. The first-order chi connectivity index (χ1) is 12.8. The van der Waals surface area contributed by atoms with Crippen LogP contribution in [0.4, 0.5) is 0 Å². The van der Waals surface area contributed by atoms with Crippen LogP contribution in [0.2, 0.25) is 0 Å². The highest BCUT2D eigenvalue weighted by atomic mass is 32.1. The second-order valence-corrected chi connectivity index (χ2v) is 6.33. The maximum atomic E-state index is 9.50. The maximum Gasteiger partial charge on any atom is 0.149 e. The normalized spacial score (nSPS) is 11.4. The third-order valence-electron chi connectivity index (χ3n) is 3.83. The molecule has 6 heteroatoms. The second-order valence-electron chi connectivity index (χ2n) is 5.61. The summed E-state index contributed by atoms with van der Waals surface area (Å²) in [5.41, 5.74) is 5.84. The number of ether oxygens (including phenoxy) is 1. The van der Waals surface area contributed by atoms with Crippen LogP contribution in [0.3, 0.4) is 0 Å². The Balaban J connectivity index is 1.53. The van der Waals surface area contributed by atoms with Crippen molar-refractivity contribution >= 4 is 34.0 Å². The fourth-order valence-corrected chi connectivity index (χ4v) is 3.07. The van der Waals surface area contributed by atoms with Crippen molar-refractivity contribution in [1.29, 1.82) is 5.26 Å². The minimum Gasteiger partial charge on any atom is -0.487 e. The first-order valence-corrected chi connectivity index (χ1v) is 8.93. The fourth-order valence-electron chi connectivity index (χ4n) is 2.53. The van der Waals surface area contributed by atoms with Crippen LogP contribution in [0, 0.1) is 11.3 Å². The molecule has 0 aliphatic heterocycles. The number of hydrogen-bond donors (Lipinski definition) is 1. The van der Waals surface area contributed by atoms with Crippen LogP contribution in [0.1, 0.15) is 17.1 Å². The summed E-state index contributed by atoms with van der Waals surface area (Å²) in [6.45, 7) is 0.446. The Labute approximate surface area is 154 Å². The Morgan fingerprint density at radius 1 is 1.19 bits per heavy atom. The molecule has 0 bridgehead atoms. The molecule has 0 amide bonds. The number of hydrogen-bond acceptors (Lipinski definition) is 5. The molecule has 0 saturated carbocycles. The summed E-state index contributed by atoms with van der Waals surface area (Å²) in [6, 6.07) is 17.5. The van der Waals surface area contributed by atoms with E-state index in [1.165, 1.54) is 0 Å². The number of aromatic nitrogens is 3. The van der Waals surface area contributed by atoms with Gasteiger partial charge in [-0.05, 0) is 35.9 Å². The Bertz CT molecular complexity index is 1060. The van der Waals surface area contributed by atoms with Gasteiger partial charge in [-0.3, -0.25) is 0 Å². The summed E-state index contributed by atoms with van der Waals surface area (Å²) < 4.78 is 5.70. The number of aromatic amines is 1. The van der Waals surface area contributed by atoms with Gasteiger partial charge in [-0.25, -0.2) is 9.97 Å². The molecule has 26 heavy (non-hydrogen) atoms. The highest BCUT2D eigenvalue weighted by Gasteiger charge is 2.07. The van der Waals surface area contributed by atoms with Crippen molar-refractivity contribution in [2.45, 2.75) is 6.61 Å². The van der Waals surface area contributed by atoms with Crippen molar-refractivity contribution in [1.82, 2.24) is 15.0 Å². The van der Waals surface area contributed by atoms with Gasteiger partial charge in [-0.15, -0.1) is 11.3 Å². The molecular formula is C20H14N4OS. The molecule has 0 radical (unpaired) electrons. The van der Waals surface area contributed by atoms with Crippen LogP contribution in [0.15, 0.2) is 59.4 Å². The van der Waals surface area contributed by atoms with E-state index in [-0.39, 0.29) is 0 Å². The number of allylic oxidation sites excluding steroid dienone is 1. The average molecular weight is 358 g/mol. The van der Waals surface area contributed by atoms with E-state index >= 15 is 0 Å². The number of nitrogens with one attached hydrogen (secondary N) is 1. The van der Waals surface area contributed by atoms with Crippen LogP contribution < -0.4 is 4.74 Å². The van der Waals surface area contributed by atoms with Gasteiger partial charge in [0.05, 0.1) is 27.8 Å². The average Bonchev–Trinajstić information content (AvgIpc) is 3.34. The third-order valence-corrected chi connectivity index (χ3v) is 4.46. The van der Waals surface area contributed by atoms with E-state index in [0.29, 0.717) is 18.0 Å². The van der Waals surface area contributed by atoms with E-state index in [4.69, 9.17) is 4.74 Å². The zero-order valence-electron chi connectivity index (χ0n) is 13.7.